The maximum atomic E-state index is 8.67. The van der Waals surface area contributed by atoms with Crippen LogP contribution in [0.25, 0.3) is 0 Å². The first-order valence-corrected chi connectivity index (χ1v) is 5.95. The predicted molar refractivity (Wildman–Crippen MR) is 76.3 cm³/mol. The van der Waals surface area contributed by atoms with Crippen molar-refractivity contribution in [1.29, 1.82) is 0 Å². The summed E-state index contributed by atoms with van der Waals surface area (Å²) >= 11 is 30.1. The van der Waals surface area contributed by atoms with Crippen LogP contribution in [0, 0.1) is 0 Å². The molecule has 0 amide bonds. The van der Waals surface area contributed by atoms with Gasteiger partial charge in [0.25, 0.3) is 4.51 Å². The summed E-state index contributed by atoms with van der Waals surface area (Å²) < 4.78 is 4.75. The Morgan fingerprint density at radius 2 is 1.69 bits per heavy atom. The molecule has 88 valence electrons. The number of ether oxygens (including phenoxy) is 1. The first-order valence-electron chi connectivity index (χ1n) is 3.52. The molecule has 0 fully saturated rings. The lowest BCUT2D eigenvalue weighted by atomic mass is 10.3. The normalized spacial score (nSPS) is 8.81. The van der Waals surface area contributed by atoms with Crippen LogP contribution in [0.15, 0.2) is 12.1 Å². The van der Waals surface area contributed by atoms with Crippen molar-refractivity contribution in [3.8, 4) is 5.75 Å². The van der Waals surface area contributed by atoms with E-state index in [1.165, 1.54) is 12.1 Å². The van der Waals surface area contributed by atoms with Crippen LogP contribution in [-0.2, 0) is 4.79 Å². The minimum Gasteiger partial charge on any atom is -0.434 e. The van der Waals surface area contributed by atoms with Crippen molar-refractivity contribution in [2.45, 2.75) is 0 Å². The number of carbonyl (C=O) groups is 1. The molecule has 0 aromatic heterocycles. The molecule has 1 aromatic rings. The minimum atomic E-state index is -0.153. The molecule has 0 aliphatic carbocycles. The Morgan fingerprint density at radius 3 is 2.12 bits per heavy atom. The monoisotopic (exact) mass is 336 g/mol. The average Bonchev–Trinajstić information content (AvgIpc) is 2.14. The second-order valence-electron chi connectivity index (χ2n) is 2.14. The summed E-state index contributed by atoms with van der Waals surface area (Å²) in [4.78, 5) is 8.67. The van der Waals surface area contributed by atoms with Gasteiger partial charge in [-0.2, -0.15) is 0 Å². The molecule has 0 bridgehead atoms. The Balaban J connectivity index is 0.000000673. The summed E-state index contributed by atoms with van der Waals surface area (Å²) in [6.45, 7) is 0. The molecule has 0 atom stereocenters. The molecule has 0 unspecified atom stereocenters. The number of hydrogen-bond acceptors (Lipinski definition) is 3. The molecule has 0 heterocycles. The van der Waals surface area contributed by atoms with E-state index >= 15 is 0 Å². The third-order valence-corrected chi connectivity index (χ3v) is 2.34. The van der Waals surface area contributed by atoms with E-state index in [2.05, 4.69) is 24.8 Å². The van der Waals surface area contributed by atoms with Crippen molar-refractivity contribution in [3.05, 3.63) is 27.2 Å². The van der Waals surface area contributed by atoms with E-state index in [1.807, 2.05) is 0 Å². The average molecular weight is 338 g/mol. The molecule has 0 spiro atoms. The van der Waals surface area contributed by atoms with E-state index in [4.69, 9.17) is 55.9 Å². The molecule has 2 nitrogen and oxygen atoms in total. The first-order chi connectivity index (χ1) is 7.42. The fraction of sp³-hybridized carbons (Fsp3) is 0. The maximum Gasteiger partial charge on any atom is 0.260 e. The van der Waals surface area contributed by atoms with Crippen LogP contribution in [0.1, 0.15) is 0 Å². The Hall–Kier alpha value is 0.290. The lowest BCUT2D eigenvalue weighted by Crippen LogP contribution is -1.96. The number of benzene rings is 1. The number of hydrogen-bond donors (Lipinski definition) is 1. The fourth-order valence-electron chi connectivity index (χ4n) is 0.669. The minimum absolute atomic E-state index is 0.153. The fourth-order valence-corrected chi connectivity index (χ4v) is 1.42. The summed E-state index contributed by atoms with van der Waals surface area (Å²) in [5.74, 6) is 0.288. The van der Waals surface area contributed by atoms with Crippen LogP contribution in [0.3, 0.4) is 0 Å². The standard InChI is InChI=1S/C7H2Cl4OS.CH2OS/c8-3-1-5(10)6(2-4(3)9)12-7(11)13;2-1-3/h1-2H;1H,(H,2,3). The van der Waals surface area contributed by atoms with Gasteiger partial charge >= 0.3 is 0 Å². The van der Waals surface area contributed by atoms with Crippen molar-refractivity contribution in [2.75, 3.05) is 0 Å². The highest BCUT2D eigenvalue weighted by Crippen LogP contribution is 2.34. The van der Waals surface area contributed by atoms with Crippen molar-refractivity contribution in [2.24, 2.45) is 0 Å². The molecular formula is C8H4Cl4O2S2. The molecule has 16 heavy (non-hydrogen) atoms. The molecule has 0 saturated carbocycles. The summed E-state index contributed by atoms with van der Waals surface area (Å²) in [6.07, 6.45) is 0. The Morgan fingerprint density at radius 1 is 1.25 bits per heavy atom. The number of thiocarbonyl (C=S) groups is 1. The van der Waals surface area contributed by atoms with Gasteiger partial charge in [-0.25, -0.2) is 0 Å². The molecule has 1 rings (SSSR count). The topological polar surface area (TPSA) is 26.3 Å². The van der Waals surface area contributed by atoms with Gasteiger partial charge in [0.2, 0.25) is 0 Å². The zero-order valence-electron chi connectivity index (χ0n) is 7.42. The highest BCUT2D eigenvalue weighted by molar-refractivity contribution is 7.94. The molecule has 1 aromatic carbocycles. The van der Waals surface area contributed by atoms with Gasteiger partial charge in [-0.15, -0.1) is 12.6 Å². The van der Waals surface area contributed by atoms with E-state index in [9.17, 15) is 0 Å². The van der Waals surface area contributed by atoms with Crippen LogP contribution in [0.2, 0.25) is 15.1 Å². The molecule has 0 aliphatic rings. The summed E-state index contributed by atoms with van der Waals surface area (Å²) in [5.41, 5.74) is 0.444. The van der Waals surface area contributed by atoms with E-state index in [1.54, 1.807) is 0 Å². The number of halogens is 4. The second kappa shape index (κ2) is 8.39. The third kappa shape index (κ3) is 6.13. The van der Waals surface area contributed by atoms with Gasteiger partial charge in [0.1, 0.15) is 5.75 Å². The van der Waals surface area contributed by atoms with E-state index in [0.717, 1.165) is 0 Å². The van der Waals surface area contributed by atoms with Crippen molar-refractivity contribution in [1.82, 2.24) is 0 Å². The first kappa shape index (κ1) is 16.3. The van der Waals surface area contributed by atoms with Crippen molar-refractivity contribution < 1.29 is 9.53 Å². The SMILES string of the molecule is O=CS.S=C(Cl)Oc1cc(Cl)c(Cl)cc1Cl. The molecule has 0 saturated heterocycles. The Bertz CT molecular complexity index is 398. The van der Waals surface area contributed by atoms with Gasteiger partial charge in [0.05, 0.1) is 15.1 Å². The van der Waals surface area contributed by atoms with Crippen molar-refractivity contribution >= 4 is 81.4 Å². The lowest BCUT2D eigenvalue weighted by molar-refractivity contribution is 0.570. The van der Waals surface area contributed by atoms with Gasteiger partial charge < -0.3 is 4.74 Å². The van der Waals surface area contributed by atoms with Crippen LogP contribution in [-0.4, -0.2) is 10.1 Å². The van der Waals surface area contributed by atoms with E-state index < -0.39 is 0 Å². The Kier molecular flexibility index (Phi) is 8.54. The number of carbonyl (C=O) groups excluding carboxylic acids is 1. The number of rotatable bonds is 1. The predicted octanol–water partition coefficient (Wildman–Crippen LogP) is 4.66. The van der Waals surface area contributed by atoms with Gasteiger partial charge in [0.15, 0.2) is 5.62 Å². The smallest absolute Gasteiger partial charge is 0.260 e. The van der Waals surface area contributed by atoms with Gasteiger partial charge in [-0.05, 0) is 29.9 Å². The summed E-state index contributed by atoms with van der Waals surface area (Å²) in [7, 11) is 0. The zero-order valence-corrected chi connectivity index (χ0v) is 12.2. The quantitative estimate of drug-likeness (QED) is 0.265. The number of thiol groups is 1. The third-order valence-electron chi connectivity index (χ3n) is 1.17. The largest absolute Gasteiger partial charge is 0.434 e. The highest BCUT2D eigenvalue weighted by atomic mass is 35.5. The summed E-state index contributed by atoms with van der Waals surface area (Å²) in [5, 5.41) is 0.978. The molecule has 0 aliphatic heterocycles. The maximum absolute atomic E-state index is 8.67. The van der Waals surface area contributed by atoms with Crippen LogP contribution in [0.4, 0.5) is 0 Å². The molecule has 0 radical (unpaired) electrons. The lowest BCUT2D eigenvalue weighted by Gasteiger charge is -2.05. The van der Waals surface area contributed by atoms with E-state index in [0.29, 0.717) is 20.7 Å². The molecular weight excluding hydrogens is 334 g/mol. The second-order valence-corrected chi connectivity index (χ2v) is 4.51. The van der Waals surface area contributed by atoms with E-state index in [-0.39, 0.29) is 10.3 Å². The van der Waals surface area contributed by atoms with Crippen LogP contribution >= 0.6 is 71.3 Å². The molecule has 0 N–H and O–H groups in total. The van der Waals surface area contributed by atoms with Gasteiger partial charge in [-0.1, -0.05) is 34.8 Å². The van der Waals surface area contributed by atoms with Gasteiger partial charge in [0, 0.05) is 6.07 Å². The zero-order chi connectivity index (χ0) is 12.7. The van der Waals surface area contributed by atoms with Crippen LogP contribution in [0.5, 0.6) is 5.75 Å². The summed E-state index contributed by atoms with van der Waals surface area (Å²) in [6, 6.07) is 2.90. The van der Waals surface area contributed by atoms with Crippen molar-refractivity contribution in [3.63, 3.8) is 0 Å². The van der Waals surface area contributed by atoms with Gasteiger partial charge in [-0.3, -0.25) is 4.79 Å². The Labute approximate surface area is 123 Å². The van der Waals surface area contributed by atoms with Crippen LogP contribution < -0.4 is 4.74 Å². The highest BCUT2D eigenvalue weighted by Gasteiger charge is 2.08. The molecule has 8 heteroatoms.